The molecular formula is C21H23N5O2. The fraction of sp³-hybridized carbons (Fsp3) is 0.333. The van der Waals surface area contributed by atoms with E-state index in [2.05, 4.69) is 44.4 Å². The Labute approximate surface area is 163 Å². The van der Waals surface area contributed by atoms with Crippen molar-refractivity contribution in [3.8, 4) is 11.4 Å². The third-order valence-corrected chi connectivity index (χ3v) is 4.98. The van der Waals surface area contributed by atoms with E-state index < -0.39 is 0 Å². The van der Waals surface area contributed by atoms with Gasteiger partial charge in [0.05, 0.1) is 12.5 Å². The smallest absolute Gasteiger partial charge is 0.238 e. The van der Waals surface area contributed by atoms with Gasteiger partial charge in [-0.15, -0.1) is 0 Å². The van der Waals surface area contributed by atoms with Crippen molar-refractivity contribution in [3.63, 3.8) is 0 Å². The molecule has 1 aromatic carbocycles. The van der Waals surface area contributed by atoms with E-state index >= 15 is 0 Å². The van der Waals surface area contributed by atoms with E-state index in [-0.39, 0.29) is 11.8 Å². The Morgan fingerprint density at radius 3 is 2.68 bits per heavy atom. The molecule has 0 unspecified atom stereocenters. The Bertz CT molecular complexity index is 970. The van der Waals surface area contributed by atoms with Gasteiger partial charge in [0.1, 0.15) is 0 Å². The maximum absolute atomic E-state index is 12.4. The van der Waals surface area contributed by atoms with E-state index in [9.17, 15) is 4.79 Å². The molecule has 3 aromatic rings. The number of amides is 1. The first-order chi connectivity index (χ1) is 13.5. The van der Waals surface area contributed by atoms with E-state index in [0.717, 1.165) is 35.5 Å². The van der Waals surface area contributed by atoms with Crippen LogP contribution in [-0.4, -0.2) is 45.6 Å². The second-order valence-electron chi connectivity index (χ2n) is 7.41. The summed E-state index contributed by atoms with van der Waals surface area (Å²) in [5.41, 5.74) is 5.11. The van der Waals surface area contributed by atoms with Crippen molar-refractivity contribution in [3.05, 3.63) is 59.2 Å². The van der Waals surface area contributed by atoms with Crippen LogP contribution in [-0.2, 0) is 4.79 Å². The molecule has 1 saturated heterocycles. The third-order valence-electron chi connectivity index (χ3n) is 4.98. The molecule has 1 aliphatic rings. The average molecular weight is 377 g/mol. The van der Waals surface area contributed by atoms with Gasteiger partial charge in [-0.1, -0.05) is 22.9 Å². The number of likely N-dealkylation sites (tertiary alicyclic amines) is 1. The molecule has 7 nitrogen and oxygen atoms in total. The Balaban J connectivity index is 1.31. The summed E-state index contributed by atoms with van der Waals surface area (Å²) in [6.07, 6.45) is 3.42. The van der Waals surface area contributed by atoms with Crippen molar-refractivity contribution >= 4 is 11.6 Å². The van der Waals surface area contributed by atoms with Crippen molar-refractivity contribution in [2.45, 2.75) is 26.7 Å². The molecular weight excluding hydrogens is 354 g/mol. The molecule has 1 amide bonds. The van der Waals surface area contributed by atoms with Crippen LogP contribution in [0, 0.1) is 20.8 Å². The molecule has 0 bridgehead atoms. The number of hydrogen-bond acceptors (Lipinski definition) is 6. The van der Waals surface area contributed by atoms with Crippen molar-refractivity contribution in [1.82, 2.24) is 20.0 Å². The monoisotopic (exact) mass is 377 g/mol. The predicted octanol–water partition coefficient (Wildman–Crippen LogP) is 3.09. The number of nitrogens with one attached hydrogen (secondary N) is 1. The van der Waals surface area contributed by atoms with Gasteiger partial charge in [0.2, 0.25) is 17.6 Å². The molecule has 0 spiro atoms. The van der Waals surface area contributed by atoms with E-state index in [0.29, 0.717) is 18.3 Å². The highest BCUT2D eigenvalue weighted by Crippen LogP contribution is 2.27. The SMILES string of the molecule is Cc1cc(C)c(NC(=O)CN2CC(c3nc(-c4cccnc4)no3)C2)c(C)c1. The maximum Gasteiger partial charge on any atom is 0.238 e. The van der Waals surface area contributed by atoms with Gasteiger partial charge in [-0.3, -0.25) is 14.7 Å². The molecule has 1 fully saturated rings. The van der Waals surface area contributed by atoms with E-state index in [1.54, 1.807) is 12.4 Å². The number of aryl methyl sites for hydroxylation is 3. The lowest BCUT2D eigenvalue weighted by molar-refractivity contribution is -0.118. The number of aromatic nitrogens is 3. The van der Waals surface area contributed by atoms with Crippen LogP contribution in [0.25, 0.3) is 11.4 Å². The maximum atomic E-state index is 12.4. The summed E-state index contributed by atoms with van der Waals surface area (Å²) in [4.78, 5) is 23.0. The lowest BCUT2D eigenvalue weighted by atomic mass is 10.00. The van der Waals surface area contributed by atoms with Gasteiger partial charge >= 0.3 is 0 Å². The summed E-state index contributed by atoms with van der Waals surface area (Å²) < 4.78 is 5.40. The Morgan fingerprint density at radius 2 is 2.00 bits per heavy atom. The largest absolute Gasteiger partial charge is 0.339 e. The van der Waals surface area contributed by atoms with Gasteiger partial charge in [-0.05, 0) is 44.0 Å². The van der Waals surface area contributed by atoms with Crippen molar-refractivity contribution < 1.29 is 9.32 Å². The van der Waals surface area contributed by atoms with Crippen LogP contribution < -0.4 is 5.32 Å². The number of carbonyl (C=O) groups is 1. The van der Waals surface area contributed by atoms with Crippen molar-refractivity contribution in [1.29, 1.82) is 0 Å². The second kappa shape index (κ2) is 7.52. The second-order valence-corrected chi connectivity index (χ2v) is 7.41. The summed E-state index contributed by atoms with van der Waals surface area (Å²) in [6.45, 7) is 7.91. The van der Waals surface area contributed by atoms with Gasteiger partial charge < -0.3 is 9.84 Å². The minimum absolute atomic E-state index is 0.00455. The van der Waals surface area contributed by atoms with Crippen LogP contribution in [0.4, 0.5) is 5.69 Å². The summed E-state index contributed by atoms with van der Waals surface area (Å²) in [5, 5.41) is 7.08. The number of hydrogen-bond donors (Lipinski definition) is 1. The number of rotatable bonds is 5. The first-order valence-electron chi connectivity index (χ1n) is 9.33. The summed E-state index contributed by atoms with van der Waals surface area (Å²) in [6, 6.07) is 7.90. The number of nitrogens with zero attached hydrogens (tertiary/aromatic N) is 4. The Morgan fingerprint density at radius 1 is 1.25 bits per heavy atom. The van der Waals surface area contributed by atoms with Crippen LogP contribution in [0.3, 0.4) is 0 Å². The van der Waals surface area contributed by atoms with Crippen LogP contribution >= 0.6 is 0 Å². The molecule has 1 aliphatic heterocycles. The lowest BCUT2D eigenvalue weighted by Gasteiger charge is -2.36. The molecule has 0 radical (unpaired) electrons. The summed E-state index contributed by atoms with van der Waals surface area (Å²) in [7, 11) is 0. The number of pyridine rings is 1. The van der Waals surface area contributed by atoms with Crippen molar-refractivity contribution in [2.75, 3.05) is 25.0 Å². The van der Waals surface area contributed by atoms with Crippen LogP contribution in [0.2, 0.25) is 0 Å². The first kappa shape index (κ1) is 18.3. The highest BCUT2D eigenvalue weighted by Gasteiger charge is 2.33. The van der Waals surface area contributed by atoms with Crippen LogP contribution in [0.5, 0.6) is 0 Å². The van der Waals surface area contributed by atoms with Gasteiger partial charge in [-0.25, -0.2) is 0 Å². The first-order valence-corrected chi connectivity index (χ1v) is 9.33. The van der Waals surface area contributed by atoms with Gasteiger partial charge in [0.25, 0.3) is 0 Å². The minimum Gasteiger partial charge on any atom is -0.339 e. The number of benzene rings is 1. The number of anilines is 1. The molecule has 144 valence electrons. The number of carbonyl (C=O) groups excluding carboxylic acids is 1. The molecule has 3 heterocycles. The zero-order valence-electron chi connectivity index (χ0n) is 16.3. The summed E-state index contributed by atoms with van der Waals surface area (Å²) >= 11 is 0. The van der Waals surface area contributed by atoms with Gasteiger partial charge in [-0.2, -0.15) is 4.98 Å². The highest BCUT2D eigenvalue weighted by atomic mass is 16.5. The topological polar surface area (TPSA) is 84.2 Å². The normalized spacial score (nSPS) is 14.7. The van der Waals surface area contributed by atoms with Gasteiger partial charge in [0, 0.05) is 36.7 Å². The third kappa shape index (κ3) is 3.80. The molecule has 4 rings (SSSR count). The molecule has 28 heavy (non-hydrogen) atoms. The standard InChI is InChI=1S/C21H23N5O2/c1-13-7-14(2)19(15(3)8-13)23-18(27)12-26-10-17(11-26)21-24-20(25-28-21)16-5-4-6-22-9-16/h4-9,17H,10-12H2,1-3H3,(H,23,27). The van der Waals surface area contributed by atoms with Crippen LogP contribution in [0.1, 0.15) is 28.5 Å². The van der Waals surface area contributed by atoms with E-state index in [1.165, 1.54) is 5.56 Å². The Kier molecular flexibility index (Phi) is 4.92. The van der Waals surface area contributed by atoms with Crippen LogP contribution in [0.15, 0.2) is 41.2 Å². The summed E-state index contributed by atoms with van der Waals surface area (Å²) in [5.74, 6) is 1.31. The zero-order valence-corrected chi connectivity index (χ0v) is 16.3. The molecule has 1 N–H and O–H groups in total. The molecule has 0 aliphatic carbocycles. The molecule has 7 heteroatoms. The minimum atomic E-state index is -0.00455. The Hall–Kier alpha value is -3.06. The molecule has 2 aromatic heterocycles. The average Bonchev–Trinajstić information content (AvgIpc) is 3.11. The fourth-order valence-electron chi connectivity index (χ4n) is 3.63. The fourth-order valence-corrected chi connectivity index (χ4v) is 3.63. The predicted molar refractivity (Wildman–Crippen MR) is 106 cm³/mol. The van der Waals surface area contributed by atoms with E-state index in [4.69, 9.17) is 4.52 Å². The van der Waals surface area contributed by atoms with Crippen molar-refractivity contribution in [2.24, 2.45) is 0 Å². The van der Waals surface area contributed by atoms with E-state index in [1.807, 2.05) is 26.0 Å². The quantitative estimate of drug-likeness (QED) is 0.736. The molecule has 0 saturated carbocycles. The molecule has 0 atom stereocenters. The van der Waals surface area contributed by atoms with Gasteiger partial charge in [0.15, 0.2) is 0 Å². The zero-order chi connectivity index (χ0) is 19.7. The highest BCUT2D eigenvalue weighted by molar-refractivity contribution is 5.93. The lowest BCUT2D eigenvalue weighted by Crippen LogP contribution is -2.48.